The van der Waals surface area contributed by atoms with Gasteiger partial charge in [0.25, 0.3) is 0 Å². The maximum absolute atomic E-state index is 10.3. The third-order valence-corrected chi connectivity index (χ3v) is 4.40. The lowest BCUT2D eigenvalue weighted by atomic mass is 9.97. The molecule has 0 unspecified atom stereocenters. The molecule has 1 aliphatic heterocycles. The van der Waals surface area contributed by atoms with Gasteiger partial charge in [0.2, 0.25) is 0 Å². The Morgan fingerprint density at radius 1 is 1.23 bits per heavy atom. The summed E-state index contributed by atoms with van der Waals surface area (Å²) in [6.45, 7) is 5.67. The second kappa shape index (κ2) is 5.62. The average molecular weight is 306 g/mol. The Balaban J connectivity index is 1.96. The van der Waals surface area contributed by atoms with E-state index in [1.54, 1.807) is 17.0 Å². The second-order valence-corrected chi connectivity index (χ2v) is 6.30. The zero-order chi connectivity index (χ0) is 16.0. The number of fused-ring (bicyclic) bond motifs is 1. The van der Waals surface area contributed by atoms with Gasteiger partial charge in [-0.3, -0.25) is 0 Å². The van der Waals surface area contributed by atoms with Gasteiger partial charge in [0.15, 0.2) is 6.23 Å². The van der Waals surface area contributed by atoms with Crippen LogP contribution in [0.15, 0.2) is 24.5 Å². The molecule has 2 aromatic rings. The summed E-state index contributed by atoms with van der Waals surface area (Å²) in [6.07, 6.45) is -1.18. The molecule has 0 aliphatic carbocycles. The Bertz CT molecular complexity index is 669. The smallest absolute Gasteiger partial charge is 0.164 e. The molecule has 0 radical (unpaired) electrons. The second-order valence-electron chi connectivity index (χ2n) is 6.30. The van der Waals surface area contributed by atoms with E-state index in [0.29, 0.717) is 5.65 Å². The van der Waals surface area contributed by atoms with Crippen LogP contribution in [0.4, 0.5) is 0 Å². The summed E-state index contributed by atoms with van der Waals surface area (Å²) in [4.78, 5) is 4.34. The number of pyridine rings is 1. The van der Waals surface area contributed by atoms with Crippen LogP contribution in [0.2, 0.25) is 0 Å². The van der Waals surface area contributed by atoms with Crippen LogP contribution in [0.1, 0.15) is 25.6 Å². The summed E-state index contributed by atoms with van der Waals surface area (Å²) >= 11 is 0. The van der Waals surface area contributed by atoms with Crippen LogP contribution >= 0.6 is 0 Å². The van der Waals surface area contributed by atoms with Gasteiger partial charge in [0.1, 0.15) is 24.0 Å². The van der Waals surface area contributed by atoms with Gasteiger partial charge >= 0.3 is 0 Å². The lowest BCUT2D eigenvalue weighted by Gasteiger charge is -2.23. The summed E-state index contributed by atoms with van der Waals surface area (Å²) in [7, 11) is 0. The number of hydrogen-bond donors (Lipinski definition) is 3. The number of hydrogen-bond acceptors (Lipinski definition) is 5. The standard InChI is InChI=1S/C16H22N2O4/c1-8(2)11(19)14-12(20)13(21)16(22-14)18-7-5-10-9(3)4-6-17-15(10)18/h4-8,11-14,16,19-21H,1-3H3/t11-,12-,13+,14+,16+/m0/s1. The first kappa shape index (κ1) is 15.4. The number of aryl methyl sites for hydroxylation is 1. The van der Waals surface area contributed by atoms with E-state index in [2.05, 4.69) is 4.98 Å². The van der Waals surface area contributed by atoms with Crippen molar-refractivity contribution in [1.29, 1.82) is 0 Å². The molecule has 0 saturated carbocycles. The SMILES string of the molecule is Cc1ccnc2c1ccn2[C@@H]1O[C@H]([C@@H](O)C(C)C)[C@@H](O)[C@H]1O. The number of ether oxygens (including phenoxy) is 1. The van der Waals surface area contributed by atoms with Crippen molar-refractivity contribution in [1.82, 2.24) is 9.55 Å². The van der Waals surface area contributed by atoms with E-state index >= 15 is 0 Å². The number of rotatable bonds is 3. The summed E-state index contributed by atoms with van der Waals surface area (Å²) in [5, 5.41) is 31.7. The van der Waals surface area contributed by atoms with Gasteiger partial charge in [0.05, 0.1) is 6.10 Å². The lowest BCUT2D eigenvalue weighted by Crippen LogP contribution is -2.41. The van der Waals surface area contributed by atoms with Crippen molar-refractivity contribution in [3.63, 3.8) is 0 Å². The summed E-state index contributed by atoms with van der Waals surface area (Å²) in [5.41, 5.74) is 1.77. The largest absolute Gasteiger partial charge is 0.390 e. The molecule has 3 N–H and O–H groups in total. The fourth-order valence-corrected chi connectivity index (χ4v) is 2.97. The predicted molar refractivity (Wildman–Crippen MR) is 81.2 cm³/mol. The molecule has 0 amide bonds. The highest BCUT2D eigenvalue weighted by atomic mass is 16.6. The van der Waals surface area contributed by atoms with Crippen LogP contribution in [0.25, 0.3) is 11.0 Å². The Hall–Kier alpha value is -1.47. The Labute approximate surface area is 129 Å². The molecule has 6 heteroatoms. The number of aromatic nitrogens is 2. The van der Waals surface area contributed by atoms with Gasteiger partial charge in [-0.15, -0.1) is 0 Å². The highest BCUT2D eigenvalue weighted by molar-refractivity contribution is 5.79. The Morgan fingerprint density at radius 2 is 1.95 bits per heavy atom. The summed E-state index contributed by atoms with van der Waals surface area (Å²) in [6, 6.07) is 3.82. The van der Waals surface area contributed by atoms with Crippen molar-refractivity contribution >= 4 is 11.0 Å². The molecular weight excluding hydrogens is 284 g/mol. The third-order valence-electron chi connectivity index (χ3n) is 4.40. The molecule has 5 atom stereocenters. The van der Waals surface area contributed by atoms with Crippen LogP contribution in [0.3, 0.4) is 0 Å². The van der Waals surface area contributed by atoms with E-state index in [1.807, 2.05) is 32.9 Å². The fourth-order valence-electron chi connectivity index (χ4n) is 2.97. The molecule has 2 aromatic heterocycles. The van der Waals surface area contributed by atoms with Crippen molar-refractivity contribution in [2.75, 3.05) is 0 Å². The minimum atomic E-state index is -1.13. The first-order valence-corrected chi connectivity index (χ1v) is 7.53. The molecule has 6 nitrogen and oxygen atoms in total. The van der Waals surface area contributed by atoms with Crippen molar-refractivity contribution in [3.05, 3.63) is 30.1 Å². The first-order valence-electron chi connectivity index (χ1n) is 7.53. The quantitative estimate of drug-likeness (QED) is 0.787. The molecule has 0 spiro atoms. The first-order chi connectivity index (χ1) is 10.4. The molecule has 1 fully saturated rings. The number of aliphatic hydroxyl groups is 3. The molecule has 120 valence electrons. The molecular formula is C16H22N2O4. The molecule has 3 rings (SSSR count). The van der Waals surface area contributed by atoms with E-state index in [9.17, 15) is 15.3 Å². The third kappa shape index (κ3) is 2.32. The summed E-state index contributed by atoms with van der Waals surface area (Å²) < 4.78 is 7.49. The van der Waals surface area contributed by atoms with Gasteiger partial charge in [-0.25, -0.2) is 4.98 Å². The van der Waals surface area contributed by atoms with Gasteiger partial charge in [-0.05, 0) is 30.5 Å². The lowest BCUT2D eigenvalue weighted by molar-refractivity contribution is -0.0961. The van der Waals surface area contributed by atoms with E-state index in [1.165, 1.54) is 0 Å². The molecule has 1 aliphatic rings. The zero-order valence-corrected chi connectivity index (χ0v) is 12.9. The zero-order valence-electron chi connectivity index (χ0n) is 12.9. The normalized spacial score (nSPS) is 30.3. The summed E-state index contributed by atoms with van der Waals surface area (Å²) in [5.74, 6) is -0.0765. The number of aliphatic hydroxyl groups excluding tert-OH is 3. The van der Waals surface area contributed by atoms with Gasteiger partial charge < -0.3 is 24.6 Å². The minimum Gasteiger partial charge on any atom is -0.390 e. The van der Waals surface area contributed by atoms with Crippen LogP contribution in [-0.2, 0) is 4.74 Å². The van der Waals surface area contributed by atoms with Gasteiger partial charge in [0, 0.05) is 17.8 Å². The van der Waals surface area contributed by atoms with Gasteiger partial charge in [-0.2, -0.15) is 0 Å². The van der Waals surface area contributed by atoms with Gasteiger partial charge in [-0.1, -0.05) is 13.8 Å². The highest BCUT2D eigenvalue weighted by Gasteiger charge is 2.47. The van der Waals surface area contributed by atoms with Crippen LogP contribution in [0.5, 0.6) is 0 Å². The van der Waals surface area contributed by atoms with Crippen molar-refractivity contribution in [2.45, 2.75) is 51.4 Å². The van der Waals surface area contributed by atoms with Crippen LogP contribution in [-0.4, -0.2) is 49.3 Å². The molecule has 0 aromatic carbocycles. The van der Waals surface area contributed by atoms with E-state index in [-0.39, 0.29) is 5.92 Å². The van der Waals surface area contributed by atoms with Crippen molar-refractivity contribution in [2.24, 2.45) is 5.92 Å². The van der Waals surface area contributed by atoms with E-state index in [0.717, 1.165) is 10.9 Å². The molecule has 22 heavy (non-hydrogen) atoms. The average Bonchev–Trinajstić information content (AvgIpc) is 3.02. The topological polar surface area (TPSA) is 87.7 Å². The Morgan fingerprint density at radius 3 is 2.64 bits per heavy atom. The predicted octanol–water partition coefficient (Wildman–Crippen LogP) is 0.981. The molecule has 3 heterocycles. The maximum atomic E-state index is 10.3. The van der Waals surface area contributed by atoms with E-state index in [4.69, 9.17) is 4.74 Å². The Kier molecular flexibility index (Phi) is 3.94. The monoisotopic (exact) mass is 306 g/mol. The molecule has 0 bridgehead atoms. The van der Waals surface area contributed by atoms with Crippen molar-refractivity contribution in [3.8, 4) is 0 Å². The van der Waals surface area contributed by atoms with Crippen LogP contribution < -0.4 is 0 Å². The highest BCUT2D eigenvalue weighted by Crippen LogP contribution is 2.35. The van der Waals surface area contributed by atoms with Crippen LogP contribution in [0, 0.1) is 12.8 Å². The molecule has 1 saturated heterocycles. The van der Waals surface area contributed by atoms with Crippen molar-refractivity contribution < 1.29 is 20.1 Å². The maximum Gasteiger partial charge on any atom is 0.164 e. The fraction of sp³-hybridized carbons (Fsp3) is 0.562. The minimum absolute atomic E-state index is 0.0765. The van der Waals surface area contributed by atoms with E-state index < -0.39 is 30.6 Å². The number of nitrogens with zero attached hydrogens (tertiary/aromatic N) is 2.